The molecule has 2 N–H and O–H groups in total. The predicted octanol–water partition coefficient (Wildman–Crippen LogP) is 1.21. The molecule has 6 heteroatoms. The Labute approximate surface area is 94.7 Å². The lowest BCUT2D eigenvalue weighted by Crippen LogP contribution is -2.13. The van der Waals surface area contributed by atoms with Crippen LogP contribution >= 0.6 is 0 Å². The topological polar surface area (TPSA) is 97.0 Å². The van der Waals surface area contributed by atoms with Gasteiger partial charge in [-0.05, 0) is 6.07 Å². The fraction of sp³-hybridized carbons (Fsp3) is 0.0909. The predicted molar refractivity (Wildman–Crippen MR) is 57.7 cm³/mol. The number of aromatic hydroxyl groups is 1. The maximum atomic E-state index is 11.3. The second-order valence-electron chi connectivity index (χ2n) is 3.31. The zero-order valence-electron chi connectivity index (χ0n) is 8.76. The van der Waals surface area contributed by atoms with Crippen molar-refractivity contribution in [1.82, 2.24) is 0 Å². The van der Waals surface area contributed by atoms with Crippen LogP contribution in [0.1, 0.15) is 10.4 Å². The van der Waals surface area contributed by atoms with Crippen LogP contribution in [0.25, 0.3) is 11.0 Å². The van der Waals surface area contributed by atoms with E-state index in [2.05, 4.69) is 0 Å². The van der Waals surface area contributed by atoms with Crippen LogP contribution in [0.4, 0.5) is 0 Å². The number of benzene rings is 1. The average molecular weight is 236 g/mol. The van der Waals surface area contributed by atoms with Crippen molar-refractivity contribution in [3.63, 3.8) is 0 Å². The number of fused-ring (bicyclic) bond motifs is 1. The number of carboxylic acids is 1. The first kappa shape index (κ1) is 11.0. The summed E-state index contributed by atoms with van der Waals surface area (Å²) < 4.78 is 9.77. The van der Waals surface area contributed by atoms with Gasteiger partial charge in [0.2, 0.25) is 0 Å². The third kappa shape index (κ3) is 1.80. The second kappa shape index (κ2) is 3.82. The Hall–Kier alpha value is -2.50. The lowest BCUT2D eigenvalue weighted by atomic mass is 10.1. The van der Waals surface area contributed by atoms with Crippen LogP contribution in [0.3, 0.4) is 0 Å². The Bertz CT molecular complexity index is 655. The number of carbonyl (C=O) groups is 1. The van der Waals surface area contributed by atoms with Gasteiger partial charge in [0.25, 0.3) is 0 Å². The molecule has 0 aliphatic rings. The Morgan fingerprint density at radius 1 is 1.35 bits per heavy atom. The van der Waals surface area contributed by atoms with Crippen molar-refractivity contribution < 1.29 is 24.2 Å². The third-order valence-corrected chi connectivity index (χ3v) is 2.25. The lowest BCUT2D eigenvalue weighted by molar-refractivity contribution is 0.0692. The van der Waals surface area contributed by atoms with Gasteiger partial charge in [-0.2, -0.15) is 0 Å². The van der Waals surface area contributed by atoms with E-state index < -0.39 is 17.2 Å². The van der Waals surface area contributed by atoms with E-state index in [1.54, 1.807) is 0 Å². The van der Waals surface area contributed by atoms with Gasteiger partial charge in [0, 0.05) is 12.1 Å². The first-order chi connectivity index (χ1) is 8.02. The van der Waals surface area contributed by atoms with Gasteiger partial charge in [-0.1, -0.05) is 0 Å². The number of carboxylic acid groups (broad SMARTS) is 1. The Balaban J connectivity index is 2.88. The number of hydrogen-bond acceptors (Lipinski definition) is 5. The van der Waals surface area contributed by atoms with Gasteiger partial charge in [0.15, 0.2) is 0 Å². The standard InChI is InChI=1S/C11H8O6/c1-16-8-2-5(12)3-9-6(8)4-7(10(13)14)11(15)17-9/h2-4,12H,1H3,(H,13,14). The van der Waals surface area contributed by atoms with Gasteiger partial charge in [0.1, 0.15) is 22.6 Å². The van der Waals surface area contributed by atoms with Crippen molar-refractivity contribution in [2.75, 3.05) is 7.11 Å². The summed E-state index contributed by atoms with van der Waals surface area (Å²) in [7, 11) is 1.36. The highest BCUT2D eigenvalue weighted by molar-refractivity contribution is 5.94. The molecule has 0 bridgehead atoms. The molecular weight excluding hydrogens is 228 g/mol. The lowest BCUT2D eigenvalue weighted by Gasteiger charge is -2.05. The second-order valence-corrected chi connectivity index (χ2v) is 3.31. The molecule has 17 heavy (non-hydrogen) atoms. The SMILES string of the molecule is COc1cc(O)cc2oc(=O)c(C(=O)O)cc12. The van der Waals surface area contributed by atoms with Crippen molar-refractivity contribution in [3.8, 4) is 11.5 Å². The van der Waals surface area contributed by atoms with Gasteiger partial charge in [-0.25, -0.2) is 9.59 Å². The van der Waals surface area contributed by atoms with E-state index in [9.17, 15) is 14.7 Å². The van der Waals surface area contributed by atoms with Crippen LogP contribution in [-0.4, -0.2) is 23.3 Å². The summed E-state index contributed by atoms with van der Waals surface area (Å²) in [6, 6.07) is 3.67. The molecule has 0 atom stereocenters. The molecule has 0 unspecified atom stereocenters. The Morgan fingerprint density at radius 2 is 2.06 bits per heavy atom. The number of hydrogen-bond donors (Lipinski definition) is 2. The zero-order chi connectivity index (χ0) is 12.6. The van der Waals surface area contributed by atoms with Crippen molar-refractivity contribution >= 4 is 16.9 Å². The number of aromatic carboxylic acids is 1. The van der Waals surface area contributed by atoms with E-state index in [-0.39, 0.29) is 17.1 Å². The molecule has 88 valence electrons. The molecule has 1 aromatic carbocycles. The van der Waals surface area contributed by atoms with E-state index in [0.717, 1.165) is 6.07 Å². The number of phenols is 1. The van der Waals surface area contributed by atoms with Crippen LogP contribution in [0.5, 0.6) is 11.5 Å². The third-order valence-electron chi connectivity index (χ3n) is 2.25. The summed E-state index contributed by atoms with van der Waals surface area (Å²) in [5, 5.41) is 18.5. The fourth-order valence-corrected chi connectivity index (χ4v) is 1.49. The minimum absolute atomic E-state index is 0.0665. The van der Waals surface area contributed by atoms with Gasteiger partial charge < -0.3 is 19.4 Å². The maximum Gasteiger partial charge on any atom is 0.351 e. The van der Waals surface area contributed by atoms with Crippen LogP contribution in [0, 0.1) is 0 Å². The quantitative estimate of drug-likeness (QED) is 0.760. The highest BCUT2D eigenvalue weighted by atomic mass is 16.5. The molecule has 2 rings (SSSR count). The van der Waals surface area contributed by atoms with Crippen LogP contribution in [0.2, 0.25) is 0 Å². The van der Waals surface area contributed by atoms with Crippen molar-refractivity contribution in [2.24, 2.45) is 0 Å². The maximum absolute atomic E-state index is 11.3. The molecule has 0 fully saturated rings. The molecule has 0 radical (unpaired) electrons. The molecular formula is C11H8O6. The molecule has 0 aliphatic heterocycles. The van der Waals surface area contributed by atoms with Crippen molar-refractivity contribution in [3.05, 3.63) is 34.2 Å². The van der Waals surface area contributed by atoms with Gasteiger partial charge in [0.05, 0.1) is 12.5 Å². The van der Waals surface area contributed by atoms with E-state index in [1.807, 2.05) is 0 Å². The molecule has 0 amide bonds. The summed E-state index contributed by atoms with van der Waals surface area (Å²) in [6.07, 6.45) is 0. The highest BCUT2D eigenvalue weighted by Gasteiger charge is 2.15. The van der Waals surface area contributed by atoms with Gasteiger partial charge >= 0.3 is 11.6 Å². The normalized spacial score (nSPS) is 10.4. The summed E-state index contributed by atoms with van der Waals surface area (Å²) in [6.45, 7) is 0. The minimum atomic E-state index is -1.38. The molecule has 0 saturated carbocycles. The fourth-order valence-electron chi connectivity index (χ4n) is 1.49. The summed E-state index contributed by atoms with van der Waals surface area (Å²) in [5.41, 5.74) is -1.39. The molecule has 1 heterocycles. The van der Waals surface area contributed by atoms with Gasteiger partial charge in [-0.3, -0.25) is 0 Å². The Kier molecular flexibility index (Phi) is 2.47. The van der Waals surface area contributed by atoms with Crippen molar-refractivity contribution in [1.29, 1.82) is 0 Å². The van der Waals surface area contributed by atoms with Crippen LogP contribution in [-0.2, 0) is 0 Å². The molecule has 0 spiro atoms. The number of ether oxygens (including phenoxy) is 1. The minimum Gasteiger partial charge on any atom is -0.508 e. The van der Waals surface area contributed by atoms with E-state index in [4.69, 9.17) is 14.3 Å². The average Bonchev–Trinajstić information content (AvgIpc) is 2.26. The van der Waals surface area contributed by atoms with E-state index in [1.165, 1.54) is 19.2 Å². The number of rotatable bonds is 2. The first-order valence-electron chi connectivity index (χ1n) is 4.61. The highest BCUT2D eigenvalue weighted by Crippen LogP contribution is 2.30. The molecule has 0 aliphatic carbocycles. The van der Waals surface area contributed by atoms with Crippen LogP contribution < -0.4 is 10.4 Å². The largest absolute Gasteiger partial charge is 0.508 e. The number of phenolic OH excluding ortho intramolecular Hbond substituents is 1. The van der Waals surface area contributed by atoms with E-state index >= 15 is 0 Å². The first-order valence-corrected chi connectivity index (χ1v) is 4.61. The zero-order valence-corrected chi connectivity index (χ0v) is 8.76. The summed E-state index contributed by atoms with van der Waals surface area (Å²) in [5.74, 6) is -1.29. The molecule has 6 nitrogen and oxygen atoms in total. The monoisotopic (exact) mass is 236 g/mol. The summed E-state index contributed by atoms with van der Waals surface area (Å²) in [4.78, 5) is 22.1. The molecule has 1 aromatic heterocycles. The van der Waals surface area contributed by atoms with E-state index in [0.29, 0.717) is 5.39 Å². The molecule has 0 saturated heterocycles. The number of methoxy groups -OCH3 is 1. The van der Waals surface area contributed by atoms with Gasteiger partial charge in [-0.15, -0.1) is 0 Å². The van der Waals surface area contributed by atoms with Crippen molar-refractivity contribution in [2.45, 2.75) is 0 Å². The van der Waals surface area contributed by atoms with Crippen LogP contribution in [0.15, 0.2) is 27.4 Å². The molecule has 2 aromatic rings. The summed E-state index contributed by atoms with van der Waals surface area (Å²) >= 11 is 0. The smallest absolute Gasteiger partial charge is 0.351 e. The Morgan fingerprint density at radius 3 is 2.65 bits per heavy atom.